The highest BCUT2D eigenvalue weighted by Crippen LogP contribution is 2.14. The minimum atomic E-state index is 0.448. The number of ether oxygens (including phenoxy) is 2. The maximum absolute atomic E-state index is 5.82. The van der Waals surface area contributed by atoms with Crippen LogP contribution >= 0.6 is 0 Å². The molecule has 1 fully saturated rings. The van der Waals surface area contributed by atoms with Gasteiger partial charge in [0.1, 0.15) is 0 Å². The Balaban J connectivity index is 1.29. The van der Waals surface area contributed by atoms with Gasteiger partial charge in [0.25, 0.3) is 0 Å². The van der Waals surface area contributed by atoms with Crippen LogP contribution in [-0.4, -0.2) is 25.3 Å². The second kappa shape index (κ2) is 8.82. The van der Waals surface area contributed by atoms with E-state index in [1.54, 1.807) is 0 Å². The first kappa shape index (κ1) is 16.2. The Kier molecular flexibility index (Phi) is 6.21. The standard InChI is InChI=1S/C20H25NO2/c1-3-7-17(8-4-1)13-22-15-19-11-12-20(21-19)16-23-14-18-9-5-2-6-10-18/h1-10,19-21H,11-16H2/t19-,20-/m1/s1. The zero-order valence-corrected chi connectivity index (χ0v) is 13.5. The molecular formula is C20H25NO2. The van der Waals surface area contributed by atoms with E-state index in [0.29, 0.717) is 25.3 Å². The van der Waals surface area contributed by atoms with E-state index in [9.17, 15) is 0 Å². The topological polar surface area (TPSA) is 30.5 Å². The van der Waals surface area contributed by atoms with Gasteiger partial charge in [-0.15, -0.1) is 0 Å². The molecule has 0 aromatic heterocycles. The lowest BCUT2D eigenvalue weighted by atomic mass is 10.2. The Morgan fingerprint density at radius 1 is 0.696 bits per heavy atom. The van der Waals surface area contributed by atoms with E-state index in [1.807, 2.05) is 36.4 Å². The smallest absolute Gasteiger partial charge is 0.0717 e. The Hall–Kier alpha value is -1.68. The van der Waals surface area contributed by atoms with Gasteiger partial charge in [-0.3, -0.25) is 0 Å². The van der Waals surface area contributed by atoms with E-state index in [-0.39, 0.29) is 0 Å². The average Bonchev–Trinajstić information content (AvgIpc) is 3.05. The van der Waals surface area contributed by atoms with Gasteiger partial charge in [-0.1, -0.05) is 60.7 Å². The predicted octanol–water partition coefficient (Wildman–Crippen LogP) is 3.54. The van der Waals surface area contributed by atoms with Crippen molar-refractivity contribution in [3.63, 3.8) is 0 Å². The van der Waals surface area contributed by atoms with Gasteiger partial charge in [-0.05, 0) is 24.0 Å². The lowest BCUT2D eigenvalue weighted by Gasteiger charge is -2.15. The molecule has 0 unspecified atom stereocenters. The first-order valence-electron chi connectivity index (χ1n) is 8.39. The molecule has 0 amide bonds. The first-order chi connectivity index (χ1) is 11.4. The molecular weight excluding hydrogens is 286 g/mol. The summed E-state index contributed by atoms with van der Waals surface area (Å²) in [5.74, 6) is 0. The molecule has 23 heavy (non-hydrogen) atoms. The Labute approximate surface area is 138 Å². The van der Waals surface area contributed by atoms with Crippen LogP contribution in [0.3, 0.4) is 0 Å². The third-order valence-electron chi connectivity index (χ3n) is 4.20. The molecule has 1 aliphatic rings. The molecule has 0 radical (unpaired) electrons. The van der Waals surface area contributed by atoms with E-state index >= 15 is 0 Å². The minimum Gasteiger partial charge on any atom is -0.375 e. The fourth-order valence-corrected chi connectivity index (χ4v) is 2.95. The lowest BCUT2D eigenvalue weighted by molar-refractivity contribution is 0.0880. The Morgan fingerprint density at radius 3 is 1.57 bits per heavy atom. The SMILES string of the molecule is c1ccc(COC[C@H]2CC[C@H](COCc3ccccc3)N2)cc1. The molecule has 0 bridgehead atoms. The van der Waals surface area contributed by atoms with Crippen molar-refractivity contribution in [1.29, 1.82) is 0 Å². The highest BCUT2D eigenvalue weighted by Gasteiger charge is 2.23. The molecule has 1 saturated heterocycles. The van der Waals surface area contributed by atoms with E-state index in [2.05, 4.69) is 29.6 Å². The summed E-state index contributed by atoms with van der Waals surface area (Å²) in [7, 11) is 0. The molecule has 1 N–H and O–H groups in total. The summed E-state index contributed by atoms with van der Waals surface area (Å²) in [6.45, 7) is 2.91. The highest BCUT2D eigenvalue weighted by atomic mass is 16.5. The number of benzene rings is 2. The largest absolute Gasteiger partial charge is 0.375 e. The zero-order chi connectivity index (χ0) is 15.7. The van der Waals surface area contributed by atoms with Gasteiger partial charge in [0.2, 0.25) is 0 Å². The molecule has 0 saturated carbocycles. The van der Waals surface area contributed by atoms with Crippen LogP contribution in [0.2, 0.25) is 0 Å². The number of rotatable bonds is 8. The van der Waals surface area contributed by atoms with Crippen molar-refractivity contribution < 1.29 is 9.47 Å². The first-order valence-corrected chi connectivity index (χ1v) is 8.39. The van der Waals surface area contributed by atoms with Crippen molar-refractivity contribution in [2.45, 2.75) is 38.1 Å². The molecule has 2 aromatic rings. The van der Waals surface area contributed by atoms with Gasteiger partial charge < -0.3 is 14.8 Å². The van der Waals surface area contributed by atoms with Crippen molar-refractivity contribution in [2.75, 3.05) is 13.2 Å². The number of hydrogen-bond donors (Lipinski definition) is 1. The summed E-state index contributed by atoms with van der Waals surface area (Å²) in [5, 5.41) is 3.61. The second-order valence-electron chi connectivity index (χ2n) is 6.14. The van der Waals surface area contributed by atoms with E-state index in [1.165, 1.54) is 11.1 Å². The predicted molar refractivity (Wildman–Crippen MR) is 92.1 cm³/mol. The summed E-state index contributed by atoms with van der Waals surface area (Å²) >= 11 is 0. The van der Waals surface area contributed by atoms with Gasteiger partial charge in [0, 0.05) is 12.1 Å². The monoisotopic (exact) mass is 311 g/mol. The molecule has 2 atom stereocenters. The van der Waals surface area contributed by atoms with Gasteiger partial charge in [0.15, 0.2) is 0 Å². The molecule has 2 aromatic carbocycles. The maximum Gasteiger partial charge on any atom is 0.0717 e. The van der Waals surface area contributed by atoms with Crippen molar-refractivity contribution in [3.05, 3.63) is 71.8 Å². The van der Waals surface area contributed by atoms with Crippen LogP contribution in [0, 0.1) is 0 Å². The van der Waals surface area contributed by atoms with Crippen molar-refractivity contribution >= 4 is 0 Å². The molecule has 3 nitrogen and oxygen atoms in total. The van der Waals surface area contributed by atoms with Crippen molar-refractivity contribution in [3.8, 4) is 0 Å². The Bertz CT molecular complexity index is 507. The van der Waals surface area contributed by atoms with Crippen LogP contribution in [0.15, 0.2) is 60.7 Å². The van der Waals surface area contributed by atoms with Crippen LogP contribution in [0.4, 0.5) is 0 Å². The van der Waals surface area contributed by atoms with Crippen LogP contribution in [0.25, 0.3) is 0 Å². The van der Waals surface area contributed by atoms with Gasteiger partial charge in [-0.25, -0.2) is 0 Å². The quantitative estimate of drug-likeness (QED) is 0.809. The lowest BCUT2D eigenvalue weighted by Crippen LogP contribution is -2.35. The molecule has 122 valence electrons. The average molecular weight is 311 g/mol. The van der Waals surface area contributed by atoms with Crippen LogP contribution < -0.4 is 5.32 Å². The number of nitrogens with one attached hydrogen (secondary N) is 1. The highest BCUT2D eigenvalue weighted by molar-refractivity contribution is 5.14. The minimum absolute atomic E-state index is 0.448. The fourth-order valence-electron chi connectivity index (χ4n) is 2.95. The number of hydrogen-bond acceptors (Lipinski definition) is 3. The summed E-state index contributed by atoms with van der Waals surface area (Å²) in [6, 6.07) is 21.5. The van der Waals surface area contributed by atoms with Gasteiger partial charge in [0.05, 0.1) is 26.4 Å². The third-order valence-corrected chi connectivity index (χ3v) is 4.20. The molecule has 1 aliphatic heterocycles. The van der Waals surface area contributed by atoms with E-state index < -0.39 is 0 Å². The molecule has 3 heteroatoms. The Morgan fingerprint density at radius 2 is 1.13 bits per heavy atom. The summed E-state index contributed by atoms with van der Waals surface area (Å²) in [6.07, 6.45) is 2.32. The van der Waals surface area contributed by atoms with Crippen LogP contribution in [-0.2, 0) is 22.7 Å². The van der Waals surface area contributed by atoms with Crippen LogP contribution in [0.1, 0.15) is 24.0 Å². The van der Waals surface area contributed by atoms with Gasteiger partial charge in [-0.2, -0.15) is 0 Å². The maximum atomic E-state index is 5.82. The van der Waals surface area contributed by atoms with Crippen molar-refractivity contribution in [2.24, 2.45) is 0 Å². The van der Waals surface area contributed by atoms with Crippen molar-refractivity contribution in [1.82, 2.24) is 5.32 Å². The molecule has 3 rings (SSSR count). The third kappa shape index (κ3) is 5.47. The molecule has 0 spiro atoms. The summed E-state index contributed by atoms with van der Waals surface area (Å²) < 4.78 is 11.6. The van der Waals surface area contributed by atoms with Gasteiger partial charge >= 0.3 is 0 Å². The van der Waals surface area contributed by atoms with E-state index in [4.69, 9.17) is 9.47 Å². The molecule has 0 aliphatic carbocycles. The van der Waals surface area contributed by atoms with Crippen LogP contribution in [0.5, 0.6) is 0 Å². The normalized spacial score (nSPS) is 20.7. The fraction of sp³-hybridized carbons (Fsp3) is 0.400. The van der Waals surface area contributed by atoms with E-state index in [0.717, 1.165) is 26.1 Å². The zero-order valence-electron chi connectivity index (χ0n) is 13.5. The summed E-state index contributed by atoms with van der Waals surface area (Å²) in [4.78, 5) is 0. The molecule has 1 heterocycles. The second-order valence-corrected chi connectivity index (χ2v) is 6.14. The summed E-state index contributed by atoms with van der Waals surface area (Å²) in [5.41, 5.74) is 2.46.